The van der Waals surface area contributed by atoms with Gasteiger partial charge in [0, 0.05) is 37.1 Å². The van der Waals surface area contributed by atoms with Gasteiger partial charge >= 0.3 is 0 Å². The molecule has 0 unspecified atom stereocenters. The van der Waals surface area contributed by atoms with Gasteiger partial charge in [0.1, 0.15) is 0 Å². The summed E-state index contributed by atoms with van der Waals surface area (Å²) < 4.78 is 0. The molecule has 2 rings (SSSR count). The highest BCUT2D eigenvalue weighted by Crippen LogP contribution is 2.20. The van der Waals surface area contributed by atoms with E-state index in [1.54, 1.807) is 11.0 Å². The summed E-state index contributed by atoms with van der Waals surface area (Å²) in [5, 5.41) is 3.43. The molecule has 0 atom stereocenters. The zero-order valence-electron chi connectivity index (χ0n) is 14.8. The lowest BCUT2D eigenvalue weighted by Crippen LogP contribution is -2.31. The summed E-state index contributed by atoms with van der Waals surface area (Å²) in [6.45, 7) is 6.32. The first-order chi connectivity index (χ1) is 11.9. The first-order valence-corrected chi connectivity index (χ1v) is 8.60. The number of hydrogen-bond donors (Lipinski definition) is 1. The number of anilines is 1. The fourth-order valence-electron chi connectivity index (χ4n) is 2.47. The highest BCUT2D eigenvalue weighted by atomic mass is 35.5. The Bertz CT molecular complexity index is 774. The molecule has 0 saturated heterocycles. The van der Waals surface area contributed by atoms with Gasteiger partial charge in [-0.2, -0.15) is 0 Å². The number of amides is 2. The van der Waals surface area contributed by atoms with Crippen LogP contribution in [0.3, 0.4) is 0 Å². The van der Waals surface area contributed by atoms with Crippen molar-refractivity contribution in [3.63, 3.8) is 0 Å². The van der Waals surface area contributed by atoms with E-state index in [1.807, 2.05) is 50.2 Å². The number of aryl methyl sites for hydroxylation is 2. The maximum Gasteiger partial charge on any atom is 0.226 e. The van der Waals surface area contributed by atoms with Crippen LogP contribution < -0.4 is 5.32 Å². The van der Waals surface area contributed by atoms with Crippen molar-refractivity contribution in [3.8, 4) is 0 Å². The Kier molecular flexibility index (Phi) is 6.59. The van der Waals surface area contributed by atoms with Crippen LogP contribution in [0.5, 0.6) is 0 Å². The molecule has 0 fully saturated rings. The minimum Gasteiger partial charge on any atom is -0.338 e. The molecular formula is C20H23ClN2O2. The fourth-order valence-corrected chi connectivity index (χ4v) is 2.65. The first kappa shape index (κ1) is 19.0. The number of halogens is 1. The zero-order chi connectivity index (χ0) is 18.4. The Morgan fingerprint density at radius 3 is 2.44 bits per heavy atom. The predicted octanol–water partition coefficient (Wildman–Crippen LogP) is 4.33. The van der Waals surface area contributed by atoms with Gasteiger partial charge in [0.15, 0.2) is 0 Å². The molecule has 5 heteroatoms. The summed E-state index contributed by atoms with van der Waals surface area (Å²) >= 11 is 6.07. The van der Waals surface area contributed by atoms with E-state index in [4.69, 9.17) is 11.6 Å². The van der Waals surface area contributed by atoms with Crippen molar-refractivity contribution in [2.45, 2.75) is 33.7 Å². The van der Waals surface area contributed by atoms with E-state index in [-0.39, 0.29) is 18.2 Å². The third kappa shape index (κ3) is 5.61. The van der Waals surface area contributed by atoms with E-state index in [1.165, 1.54) is 6.92 Å². The summed E-state index contributed by atoms with van der Waals surface area (Å²) in [6.07, 6.45) is 0.233. The largest absolute Gasteiger partial charge is 0.338 e. The van der Waals surface area contributed by atoms with Crippen molar-refractivity contribution in [1.29, 1.82) is 0 Å². The Morgan fingerprint density at radius 2 is 1.80 bits per heavy atom. The fraction of sp³-hybridized carbons (Fsp3) is 0.300. The van der Waals surface area contributed by atoms with Gasteiger partial charge in [0.2, 0.25) is 11.8 Å². The average Bonchev–Trinajstić information content (AvgIpc) is 2.56. The van der Waals surface area contributed by atoms with E-state index in [0.29, 0.717) is 23.8 Å². The normalized spacial score (nSPS) is 10.4. The molecule has 25 heavy (non-hydrogen) atoms. The van der Waals surface area contributed by atoms with Gasteiger partial charge in [0.25, 0.3) is 0 Å². The molecule has 1 N–H and O–H groups in total. The Labute approximate surface area is 153 Å². The monoisotopic (exact) mass is 358 g/mol. The van der Waals surface area contributed by atoms with E-state index < -0.39 is 0 Å². The standard InChI is InChI=1S/C20H23ClN2O2/c1-14-6-4-5-7-17(14)13-23(16(3)24)11-10-20(25)22-18-9-8-15(2)19(21)12-18/h4-9,12H,10-11,13H2,1-3H3,(H,22,25). The van der Waals surface area contributed by atoms with Crippen molar-refractivity contribution < 1.29 is 9.59 Å². The smallest absolute Gasteiger partial charge is 0.226 e. The number of nitrogens with zero attached hydrogens (tertiary/aromatic N) is 1. The van der Waals surface area contributed by atoms with Gasteiger partial charge in [-0.3, -0.25) is 9.59 Å². The van der Waals surface area contributed by atoms with Gasteiger partial charge < -0.3 is 10.2 Å². The van der Waals surface area contributed by atoms with Crippen molar-refractivity contribution in [2.24, 2.45) is 0 Å². The number of rotatable bonds is 6. The van der Waals surface area contributed by atoms with Crippen LogP contribution in [0.4, 0.5) is 5.69 Å². The average molecular weight is 359 g/mol. The molecule has 2 amide bonds. The number of benzene rings is 2. The van der Waals surface area contributed by atoms with E-state index in [0.717, 1.165) is 16.7 Å². The number of carbonyl (C=O) groups is 2. The highest BCUT2D eigenvalue weighted by Gasteiger charge is 2.13. The number of nitrogens with one attached hydrogen (secondary N) is 1. The molecule has 2 aromatic rings. The second-order valence-corrected chi connectivity index (χ2v) is 6.54. The van der Waals surface area contributed by atoms with E-state index >= 15 is 0 Å². The lowest BCUT2D eigenvalue weighted by molar-refractivity contribution is -0.129. The highest BCUT2D eigenvalue weighted by molar-refractivity contribution is 6.31. The Morgan fingerprint density at radius 1 is 1.08 bits per heavy atom. The minimum absolute atomic E-state index is 0.0468. The van der Waals surface area contributed by atoms with Crippen LogP contribution in [0, 0.1) is 13.8 Å². The summed E-state index contributed by atoms with van der Waals surface area (Å²) in [5.41, 5.74) is 3.84. The van der Waals surface area contributed by atoms with Crippen LogP contribution in [0.25, 0.3) is 0 Å². The minimum atomic E-state index is -0.143. The molecule has 0 heterocycles. The van der Waals surface area contributed by atoms with Gasteiger partial charge in [-0.1, -0.05) is 41.9 Å². The molecule has 4 nitrogen and oxygen atoms in total. The molecule has 0 saturated carbocycles. The second kappa shape index (κ2) is 8.67. The van der Waals surface area contributed by atoms with Crippen molar-refractivity contribution in [2.75, 3.05) is 11.9 Å². The molecular weight excluding hydrogens is 336 g/mol. The number of hydrogen-bond acceptors (Lipinski definition) is 2. The molecule has 0 aliphatic heterocycles. The van der Waals surface area contributed by atoms with Gasteiger partial charge in [-0.05, 0) is 42.7 Å². The van der Waals surface area contributed by atoms with Crippen LogP contribution in [-0.4, -0.2) is 23.3 Å². The summed E-state index contributed by atoms with van der Waals surface area (Å²) in [7, 11) is 0. The molecule has 0 radical (unpaired) electrons. The van der Waals surface area contributed by atoms with Crippen LogP contribution in [0.2, 0.25) is 5.02 Å². The predicted molar refractivity (Wildman–Crippen MR) is 102 cm³/mol. The van der Waals surface area contributed by atoms with Crippen molar-refractivity contribution >= 4 is 29.1 Å². The van der Waals surface area contributed by atoms with E-state index in [2.05, 4.69) is 5.32 Å². The third-order valence-corrected chi connectivity index (χ3v) is 4.54. The topological polar surface area (TPSA) is 49.4 Å². The lowest BCUT2D eigenvalue weighted by Gasteiger charge is -2.22. The molecule has 132 valence electrons. The first-order valence-electron chi connectivity index (χ1n) is 8.23. The lowest BCUT2D eigenvalue weighted by atomic mass is 10.1. The molecule has 0 aliphatic carbocycles. The van der Waals surface area contributed by atoms with Crippen LogP contribution in [0.15, 0.2) is 42.5 Å². The summed E-state index contributed by atoms with van der Waals surface area (Å²) in [4.78, 5) is 25.7. The maximum atomic E-state index is 12.2. The van der Waals surface area contributed by atoms with Gasteiger partial charge in [-0.25, -0.2) is 0 Å². The van der Waals surface area contributed by atoms with Gasteiger partial charge in [0.05, 0.1) is 0 Å². The molecule has 2 aromatic carbocycles. The summed E-state index contributed by atoms with van der Waals surface area (Å²) in [5.74, 6) is -0.189. The molecule has 0 spiro atoms. The molecule has 0 bridgehead atoms. The van der Waals surface area contributed by atoms with Crippen LogP contribution in [0.1, 0.15) is 30.0 Å². The Balaban J connectivity index is 1.94. The van der Waals surface area contributed by atoms with Crippen molar-refractivity contribution in [3.05, 3.63) is 64.2 Å². The van der Waals surface area contributed by atoms with E-state index in [9.17, 15) is 9.59 Å². The van der Waals surface area contributed by atoms with Crippen molar-refractivity contribution in [1.82, 2.24) is 4.90 Å². The Hall–Kier alpha value is -2.33. The molecule has 0 aromatic heterocycles. The van der Waals surface area contributed by atoms with Crippen LogP contribution >= 0.6 is 11.6 Å². The SMILES string of the molecule is CC(=O)N(CCC(=O)Nc1ccc(C)c(Cl)c1)Cc1ccccc1C. The van der Waals surface area contributed by atoms with Gasteiger partial charge in [-0.15, -0.1) is 0 Å². The maximum absolute atomic E-state index is 12.2. The third-order valence-electron chi connectivity index (χ3n) is 4.13. The molecule has 0 aliphatic rings. The quantitative estimate of drug-likeness (QED) is 0.835. The zero-order valence-corrected chi connectivity index (χ0v) is 15.6. The second-order valence-electron chi connectivity index (χ2n) is 6.13. The summed E-state index contributed by atoms with van der Waals surface area (Å²) in [6, 6.07) is 13.3. The van der Waals surface area contributed by atoms with Crippen LogP contribution in [-0.2, 0) is 16.1 Å². The number of carbonyl (C=O) groups excluding carboxylic acids is 2.